The molecule has 1 aromatic heterocycles. The summed E-state index contributed by atoms with van der Waals surface area (Å²) < 4.78 is 20.7. The molecule has 0 aliphatic heterocycles. The van der Waals surface area contributed by atoms with Crippen LogP contribution in [-0.2, 0) is 6.42 Å². The molecule has 0 atom stereocenters. The van der Waals surface area contributed by atoms with Gasteiger partial charge in [0, 0.05) is 6.42 Å². The molecule has 0 amide bonds. The van der Waals surface area contributed by atoms with Gasteiger partial charge in [-0.1, -0.05) is 24.3 Å². The van der Waals surface area contributed by atoms with Crippen molar-refractivity contribution in [2.75, 3.05) is 0 Å². The van der Waals surface area contributed by atoms with Gasteiger partial charge in [0.2, 0.25) is 4.77 Å². The highest BCUT2D eigenvalue weighted by atomic mass is 32.1. The van der Waals surface area contributed by atoms with Gasteiger partial charge in [-0.15, -0.1) is 0 Å². The smallest absolute Gasteiger partial charge is 0.216 e. The van der Waals surface area contributed by atoms with E-state index in [4.69, 9.17) is 17.0 Å². The molecule has 0 aliphatic carbocycles. The van der Waals surface area contributed by atoms with Crippen molar-refractivity contribution in [2.24, 2.45) is 5.10 Å². The second kappa shape index (κ2) is 8.05. The van der Waals surface area contributed by atoms with Crippen molar-refractivity contribution in [3.05, 3.63) is 76.1 Å². The first-order valence-electron chi connectivity index (χ1n) is 8.23. The fourth-order valence-corrected chi connectivity index (χ4v) is 2.61. The number of nitrogens with one attached hydrogen (secondary N) is 1. The summed E-state index contributed by atoms with van der Waals surface area (Å²) in [6.07, 6.45) is 2.29. The van der Waals surface area contributed by atoms with Crippen LogP contribution in [0.1, 0.15) is 30.8 Å². The van der Waals surface area contributed by atoms with Gasteiger partial charge in [0.25, 0.3) is 0 Å². The summed E-state index contributed by atoms with van der Waals surface area (Å²) in [4.78, 5) is 0. The highest BCUT2D eigenvalue weighted by Crippen LogP contribution is 2.14. The third-order valence-corrected chi connectivity index (χ3v) is 3.81. The Hall–Kier alpha value is -2.80. The second-order valence-electron chi connectivity index (χ2n) is 6.04. The van der Waals surface area contributed by atoms with Crippen molar-refractivity contribution in [2.45, 2.75) is 26.4 Å². The lowest BCUT2D eigenvalue weighted by molar-refractivity contribution is 0.242. The molecule has 134 valence electrons. The molecule has 5 nitrogen and oxygen atoms in total. The summed E-state index contributed by atoms with van der Waals surface area (Å²) in [5.74, 6) is 1.16. The van der Waals surface area contributed by atoms with Crippen molar-refractivity contribution in [1.29, 1.82) is 0 Å². The minimum atomic E-state index is -0.269. The predicted octanol–water partition coefficient (Wildman–Crippen LogP) is 4.34. The van der Waals surface area contributed by atoms with E-state index in [0.717, 1.165) is 16.9 Å². The van der Waals surface area contributed by atoms with Crippen molar-refractivity contribution in [3.63, 3.8) is 0 Å². The molecule has 0 radical (unpaired) electrons. The minimum Gasteiger partial charge on any atom is -0.491 e. The van der Waals surface area contributed by atoms with E-state index in [1.54, 1.807) is 23.0 Å². The van der Waals surface area contributed by atoms with Crippen LogP contribution < -0.4 is 4.74 Å². The number of rotatable bonds is 6. The Morgan fingerprint density at radius 3 is 2.77 bits per heavy atom. The van der Waals surface area contributed by atoms with Gasteiger partial charge >= 0.3 is 0 Å². The van der Waals surface area contributed by atoms with Crippen LogP contribution in [0.25, 0.3) is 0 Å². The third kappa shape index (κ3) is 4.64. The number of aromatic amines is 1. The molecule has 3 aromatic rings. The van der Waals surface area contributed by atoms with Crippen molar-refractivity contribution in [3.8, 4) is 5.75 Å². The topological polar surface area (TPSA) is 55.2 Å². The number of hydrogen-bond acceptors (Lipinski definition) is 4. The molecule has 2 aromatic carbocycles. The first-order valence-corrected chi connectivity index (χ1v) is 8.64. The number of ether oxygens (including phenoxy) is 1. The first-order chi connectivity index (χ1) is 12.5. The van der Waals surface area contributed by atoms with Crippen molar-refractivity contribution < 1.29 is 9.13 Å². The standard InChI is InChI=1S/C19H19FN4OS/c1-13(2)25-17-5-3-4-15(10-17)12-21-24-18(22-23-19(24)26)11-14-6-8-16(20)9-7-14/h3-10,12-13H,11H2,1-2H3,(H,23,26)/b21-12-. The van der Waals surface area contributed by atoms with Crippen LogP contribution in [0.3, 0.4) is 0 Å². The monoisotopic (exact) mass is 370 g/mol. The van der Waals surface area contributed by atoms with E-state index in [-0.39, 0.29) is 11.9 Å². The lowest BCUT2D eigenvalue weighted by Gasteiger charge is -2.09. The van der Waals surface area contributed by atoms with Crippen LogP contribution in [0.5, 0.6) is 5.75 Å². The van der Waals surface area contributed by atoms with Gasteiger partial charge in [0.05, 0.1) is 12.3 Å². The molecule has 0 saturated heterocycles. The molecule has 3 rings (SSSR count). The van der Waals surface area contributed by atoms with Crippen LogP contribution in [0, 0.1) is 10.6 Å². The van der Waals surface area contributed by atoms with E-state index in [2.05, 4.69) is 15.3 Å². The SMILES string of the molecule is CC(C)Oc1cccc(/C=N\n2c(Cc3ccc(F)cc3)n[nH]c2=S)c1. The number of nitrogens with zero attached hydrogens (tertiary/aromatic N) is 3. The summed E-state index contributed by atoms with van der Waals surface area (Å²) in [5.41, 5.74) is 1.81. The minimum absolute atomic E-state index is 0.104. The summed E-state index contributed by atoms with van der Waals surface area (Å²) >= 11 is 5.25. The summed E-state index contributed by atoms with van der Waals surface area (Å²) in [6.45, 7) is 3.96. The Morgan fingerprint density at radius 2 is 2.04 bits per heavy atom. The molecule has 0 aliphatic rings. The number of benzene rings is 2. The Morgan fingerprint density at radius 1 is 1.27 bits per heavy atom. The molecule has 0 unspecified atom stereocenters. The molecule has 0 bridgehead atoms. The normalized spacial score (nSPS) is 11.4. The quantitative estimate of drug-likeness (QED) is 0.519. The molecule has 7 heteroatoms. The number of aromatic nitrogens is 3. The molecule has 1 heterocycles. The number of hydrogen-bond donors (Lipinski definition) is 1. The molecule has 0 saturated carbocycles. The zero-order chi connectivity index (χ0) is 18.5. The van der Waals surface area contributed by atoms with Gasteiger partial charge in [-0.25, -0.2) is 4.39 Å². The molecular weight excluding hydrogens is 351 g/mol. The predicted molar refractivity (Wildman–Crippen MR) is 102 cm³/mol. The first kappa shape index (κ1) is 18.0. The molecule has 1 N–H and O–H groups in total. The van der Waals surface area contributed by atoms with E-state index >= 15 is 0 Å². The summed E-state index contributed by atoms with van der Waals surface area (Å²) in [5, 5.41) is 11.4. The van der Waals surface area contributed by atoms with Crippen LogP contribution in [0.2, 0.25) is 0 Å². The van der Waals surface area contributed by atoms with Crippen LogP contribution in [-0.4, -0.2) is 27.2 Å². The van der Waals surface area contributed by atoms with E-state index < -0.39 is 0 Å². The van der Waals surface area contributed by atoms with Gasteiger partial charge in [-0.05, 0) is 61.5 Å². The summed E-state index contributed by atoms with van der Waals surface area (Å²) in [7, 11) is 0. The van der Waals surface area contributed by atoms with Gasteiger partial charge in [-0.3, -0.25) is 5.10 Å². The molecule has 26 heavy (non-hydrogen) atoms. The summed E-state index contributed by atoms with van der Waals surface area (Å²) in [6, 6.07) is 13.9. The van der Waals surface area contributed by atoms with Crippen molar-refractivity contribution in [1.82, 2.24) is 14.9 Å². The average Bonchev–Trinajstić information content (AvgIpc) is 2.94. The maximum Gasteiger partial charge on any atom is 0.216 e. The number of halogens is 1. The highest BCUT2D eigenvalue weighted by Gasteiger charge is 2.07. The van der Waals surface area contributed by atoms with Gasteiger partial charge in [0.15, 0.2) is 5.82 Å². The van der Waals surface area contributed by atoms with E-state index in [1.165, 1.54) is 12.1 Å². The van der Waals surface area contributed by atoms with Gasteiger partial charge in [-0.2, -0.15) is 14.9 Å². The average molecular weight is 370 g/mol. The largest absolute Gasteiger partial charge is 0.491 e. The van der Waals surface area contributed by atoms with Gasteiger partial charge in [0.1, 0.15) is 11.6 Å². The number of H-pyrrole nitrogens is 1. The lowest BCUT2D eigenvalue weighted by atomic mass is 10.1. The zero-order valence-corrected chi connectivity index (χ0v) is 15.3. The van der Waals surface area contributed by atoms with Crippen LogP contribution in [0.15, 0.2) is 53.6 Å². The van der Waals surface area contributed by atoms with E-state index in [9.17, 15) is 4.39 Å². The third-order valence-electron chi connectivity index (χ3n) is 3.55. The molecule has 0 spiro atoms. The van der Waals surface area contributed by atoms with E-state index in [0.29, 0.717) is 17.0 Å². The van der Waals surface area contributed by atoms with Crippen molar-refractivity contribution >= 4 is 18.4 Å². The van der Waals surface area contributed by atoms with Crippen LogP contribution >= 0.6 is 12.2 Å². The fraction of sp³-hybridized carbons (Fsp3) is 0.211. The highest BCUT2D eigenvalue weighted by molar-refractivity contribution is 7.71. The Balaban J connectivity index is 1.82. The van der Waals surface area contributed by atoms with Gasteiger partial charge < -0.3 is 4.74 Å². The van der Waals surface area contributed by atoms with Crippen LogP contribution in [0.4, 0.5) is 4.39 Å². The second-order valence-corrected chi connectivity index (χ2v) is 6.43. The molecule has 0 fully saturated rings. The maximum atomic E-state index is 13.1. The Bertz CT molecular complexity index is 960. The fourth-order valence-electron chi connectivity index (χ4n) is 2.41. The zero-order valence-electron chi connectivity index (χ0n) is 14.5. The lowest BCUT2D eigenvalue weighted by Crippen LogP contribution is -2.05. The Kier molecular flexibility index (Phi) is 5.58. The maximum absolute atomic E-state index is 13.1. The molecular formula is C19H19FN4OS. The van der Waals surface area contributed by atoms with E-state index in [1.807, 2.05) is 38.1 Å². The Labute approximate surface area is 156 Å².